The second-order valence-electron chi connectivity index (χ2n) is 4.55. The summed E-state index contributed by atoms with van der Waals surface area (Å²) in [5, 5.41) is 12.4. The highest BCUT2D eigenvalue weighted by molar-refractivity contribution is 6.45. The maximum Gasteiger partial charge on any atom is 0.269 e. The average molecular weight is 265 g/mol. The third-order valence-corrected chi connectivity index (χ3v) is 3.48. The minimum atomic E-state index is -0.580. The van der Waals surface area contributed by atoms with Crippen LogP contribution in [-0.2, 0) is 11.3 Å². The highest BCUT2D eigenvalue weighted by atomic mass is 16.3. The van der Waals surface area contributed by atoms with Gasteiger partial charge >= 0.3 is 0 Å². The molecular weight excluding hydrogens is 246 g/mol. The maximum absolute atomic E-state index is 11.6. The molecule has 0 saturated carbocycles. The van der Waals surface area contributed by atoms with Crippen LogP contribution in [0.1, 0.15) is 32.4 Å². The molecule has 104 valence electrons. The predicted molar refractivity (Wildman–Crippen MR) is 72.0 cm³/mol. The van der Waals surface area contributed by atoms with Crippen LogP contribution in [0.2, 0.25) is 0 Å². The molecule has 0 unspecified atom stereocenters. The molecule has 1 aliphatic rings. The zero-order chi connectivity index (χ0) is 14.0. The first-order chi connectivity index (χ1) is 9.06. The number of nitrogens with two attached hydrogens (primary N) is 1. The Kier molecular flexibility index (Phi) is 3.57. The molecule has 0 radical (unpaired) electrons. The summed E-state index contributed by atoms with van der Waals surface area (Å²) in [7, 11) is 0. The number of imidazole rings is 1. The first-order valence-electron chi connectivity index (χ1n) is 6.41. The van der Waals surface area contributed by atoms with Crippen molar-refractivity contribution in [1.82, 2.24) is 9.55 Å². The van der Waals surface area contributed by atoms with E-state index >= 15 is 0 Å². The second kappa shape index (κ2) is 5.00. The number of anilines is 1. The van der Waals surface area contributed by atoms with E-state index in [0.29, 0.717) is 18.1 Å². The first kappa shape index (κ1) is 13.5. The number of carbonyl (C=O) groups excluding carboxylic acids is 1. The zero-order valence-electron chi connectivity index (χ0n) is 11.2. The molecule has 1 aromatic heterocycles. The molecule has 7 nitrogen and oxygen atoms in total. The predicted octanol–water partition coefficient (Wildman–Crippen LogP) is 0.0916. The van der Waals surface area contributed by atoms with Gasteiger partial charge in [0.1, 0.15) is 17.2 Å². The Labute approximate surface area is 111 Å². The average Bonchev–Trinajstić information content (AvgIpc) is 2.81. The molecule has 0 bridgehead atoms. The largest absolute Gasteiger partial charge is 0.395 e. The molecule has 1 aromatic rings. The number of aliphatic hydroxyl groups excluding tert-OH is 1. The van der Waals surface area contributed by atoms with Gasteiger partial charge in [-0.1, -0.05) is 13.8 Å². The molecule has 1 aliphatic heterocycles. The number of aliphatic imine (C=N–C) groups is 1. The summed E-state index contributed by atoms with van der Waals surface area (Å²) < 4.78 is 1.77. The SMILES string of the molecule is CCC1(CC)N=C(C(N)=O)c2ncn(CCO)c2N1. The van der Waals surface area contributed by atoms with E-state index in [9.17, 15) is 4.79 Å². The first-order valence-corrected chi connectivity index (χ1v) is 6.41. The molecule has 0 atom stereocenters. The lowest BCUT2D eigenvalue weighted by Crippen LogP contribution is -2.43. The number of primary amides is 1. The van der Waals surface area contributed by atoms with Crippen molar-refractivity contribution in [1.29, 1.82) is 0 Å². The van der Waals surface area contributed by atoms with Crippen molar-refractivity contribution in [3.05, 3.63) is 12.0 Å². The minimum Gasteiger partial charge on any atom is -0.395 e. The number of nitrogens with one attached hydrogen (secondary N) is 1. The maximum atomic E-state index is 11.6. The van der Waals surface area contributed by atoms with Gasteiger partial charge in [0, 0.05) is 6.54 Å². The van der Waals surface area contributed by atoms with Gasteiger partial charge in [0.05, 0.1) is 12.9 Å². The van der Waals surface area contributed by atoms with Crippen LogP contribution in [0.5, 0.6) is 0 Å². The Balaban J connectivity index is 2.54. The Hall–Kier alpha value is -1.89. The van der Waals surface area contributed by atoms with Crippen molar-refractivity contribution >= 4 is 17.4 Å². The van der Waals surface area contributed by atoms with Crippen LogP contribution in [-0.4, -0.2) is 38.5 Å². The van der Waals surface area contributed by atoms with E-state index in [1.807, 2.05) is 13.8 Å². The summed E-state index contributed by atoms with van der Waals surface area (Å²) in [6, 6.07) is 0. The van der Waals surface area contributed by atoms with E-state index in [0.717, 1.165) is 12.8 Å². The molecule has 2 heterocycles. The number of hydrogen-bond acceptors (Lipinski definition) is 5. The number of rotatable bonds is 5. The summed E-state index contributed by atoms with van der Waals surface area (Å²) in [5.41, 5.74) is 5.52. The molecule has 0 aromatic carbocycles. The Morgan fingerprint density at radius 3 is 2.74 bits per heavy atom. The molecule has 0 saturated heterocycles. The number of amides is 1. The number of hydrogen-bond donors (Lipinski definition) is 3. The third-order valence-electron chi connectivity index (χ3n) is 3.48. The molecule has 0 spiro atoms. The summed E-state index contributed by atoms with van der Waals surface area (Å²) in [6.07, 6.45) is 3.03. The van der Waals surface area contributed by atoms with E-state index in [1.165, 1.54) is 0 Å². The van der Waals surface area contributed by atoms with E-state index in [-0.39, 0.29) is 12.3 Å². The molecule has 0 fully saturated rings. The number of fused-ring (bicyclic) bond motifs is 1. The number of aromatic nitrogens is 2. The molecule has 19 heavy (non-hydrogen) atoms. The molecular formula is C12H19N5O2. The standard InChI is InChI=1S/C12H19N5O2/c1-3-12(4-2)15-8(10(13)19)9-11(16-12)17(5-6-18)7-14-9/h7,16,18H,3-6H2,1-2H3,(H2,13,19). The summed E-state index contributed by atoms with van der Waals surface area (Å²) in [4.78, 5) is 20.2. The number of carbonyl (C=O) groups is 1. The van der Waals surface area contributed by atoms with Crippen LogP contribution in [0.3, 0.4) is 0 Å². The van der Waals surface area contributed by atoms with Gasteiger partial charge in [0.2, 0.25) is 0 Å². The van der Waals surface area contributed by atoms with Crippen LogP contribution >= 0.6 is 0 Å². The van der Waals surface area contributed by atoms with Gasteiger partial charge in [-0.15, -0.1) is 0 Å². The normalized spacial score (nSPS) is 16.5. The molecule has 7 heteroatoms. The van der Waals surface area contributed by atoms with Gasteiger partial charge in [-0.05, 0) is 12.8 Å². The van der Waals surface area contributed by atoms with Crippen molar-refractivity contribution in [2.75, 3.05) is 11.9 Å². The topological polar surface area (TPSA) is 106 Å². The van der Waals surface area contributed by atoms with E-state index in [2.05, 4.69) is 15.3 Å². The fourth-order valence-corrected chi connectivity index (χ4v) is 2.24. The molecule has 2 rings (SSSR count). The van der Waals surface area contributed by atoms with Crippen molar-refractivity contribution in [2.24, 2.45) is 10.7 Å². The quantitative estimate of drug-likeness (QED) is 0.701. The van der Waals surface area contributed by atoms with Crippen LogP contribution in [0.4, 0.5) is 5.82 Å². The van der Waals surface area contributed by atoms with E-state index in [4.69, 9.17) is 10.8 Å². The van der Waals surface area contributed by atoms with Gasteiger partial charge in [0.15, 0.2) is 5.71 Å². The minimum absolute atomic E-state index is 0.00121. The second-order valence-corrected chi connectivity index (χ2v) is 4.55. The Morgan fingerprint density at radius 2 is 2.21 bits per heavy atom. The lowest BCUT2D eigenvalue weighted by atomic mass is 10.0. The van der Waals surface area contributed by atoms with E-state index < -0.39 is 11.6 Å². The highest BCUT2D eigenvalue weighted by Gasteiger charge is 2.36. The Bertz CT molecular complexity index is 516. The van der Waals surface area contributed by atoms with Crippen LogP contribution in [0.15, 0.2) is 11.3 Å². The third kappa shape index (κ3) is 2.21. The lowest BCUT2D eigenvalue weighted by Gasteiger charge is -2.34. The van der Waals surface area contributed by atoms with Crippen molar-refractivity contribution in [3.8, 4) is 0 Å². The molecule has 0 aliphatic carbocycles. The van der Waals surface area contributed by atoms with Gasteiger partial charge in [-0.25, -0.2) is 9.98 Å². The van der Waals surface area contributed by atoms with Gasteiger partial charge in [0.25, 0.3) is 5.91 Å². The van der Waals surface area contributed by atoms with E-state index in [1.54, 1.807) is 10.9 Å². The number of nitrogens with zero attached hydrogens (tertiary/aromatic N) is 3. The summed E-state index contributed by atoms with van der Waals surface area (Å²) in [6.45, 7) is 4.40. The fraction of sp³-hybridized carbons (Fsp3) is 0.583. The highest BCUT2D eigenvalue weighted by Crippen LogP contribution is 2.31. The number of aliphatic hydroxyl groups is 1. The van der Waals surface area contributed by atoms with Gasteiger partial charge in [-0.2, -0.15) is 0 Å². The van der Waals surface area contributed by atoms with Crippen LogP contribution in [0, 0.1) is 0 Å². The van der Waals surface area contributed by atoms with Gasteiger partial charge in [-0.3, -0.25) is 4.79 Å². The summed E-state index contributed by atoms with van der Waals surface area (Å²) >= 11 is 0. The fourth-order valence-electron chi connectivity index (χ4n) is 2.24. The van der Waals surface area contributed by atoms with Crippen molar-refractivity contribution in [2.45, 2.75) is 38.9 Å². The lowest BCUT2D eigenvalue weighted by molar-refractivity contribution is -0.112. The van der Waals surface area contributed by atoms with Crippen LogP contribution < -0.4 is 11.1 Å². The zero-order valence-corrected chi connectivity index (χ0v) is 11.2. The smallest absolute Gasteiger partial charge is 0.269 e. The molecule has 1 amide bonds. The monoisotopic (exact) mass is 265 g/mol. The van der Waals surface area contributed by atoms with Crippen molar-refractivity contribution in [3.63, 3.8) is 0 Å². The van der Waals surface area contributed by atoms with Gasteiger partial charge < -0.3 is 20.7 Å². The molecule has 4 N–H and O–H groups in total. The summed E-state index contributed by atoms with van der Waals surface area (Å²) in [5.74, 6) is 0.116. The van der Waals surface area contributed by atoms with Crippen LogP contribution in [0.25, 0.3) is 0 Å². The Morgan fingerprint density at radius 1 is 1.53 bits per heavy atom. The van der Waals surface area contributed by atoms with Crippen molar-refractivity contribution < 1.29 is 9.90 Å².